The van der Waals surface area contributed by atoms with Crippen LogP contribution in [0.2, 0.25) is 0 Å². The van der Waals surface area contributed by atoms with Crippen molar-refractivity contribution in [1.82, 2.24) is 0 Å². The number of benzene rings is 2. The largest absolute Gasteiger partial charge is 0.494 e. The first kappa shape index (κ1) is 18.6. The molecule has 0 N–H and O–H groups in total. The van der Waals surface area contributed by atoms with Crippen LogP contribution in [0.25, 0.3) is 17.0 Å². The maximum absolute atomic E-state index is 12.4. The third-order valence-corrected chi connectivity index (χ3v) is 4.16. The number of fused-ring (bicyclic) bond motifs is 1. The normalized spacial score (nSPS) is 11.4. The molecular weight excluding hydrogens is 340 g/mol. The Morgan fingerprint density at radius 2 is 1.93 bits per heavy atom. The first-order valence-corrected chi connectivity index (χ1v) is 9.01. The maximum atomic E-state index is 12.4. The fourth-order valence-corrected chi connectivity index (χ4v) is 2.62. The number of hydrogen-bond donors (Lipinski definition) is 0. The van der Waals surface area contributed by atoms with Crippen LogP contribution in [-0.2, 0) is 0 Å². The summed E-state index contributed by atoms with van der Waals surface area (Å²) in [5.41, 5.74) is 0.688. The first-order chi connectivity index (χ1) is 13.0. The summed E-state index contributed by atoms with van der Waals surface area (Å²) < 4.78 is 11.0. The number of ether oxygens (including phenoxy) is 1. The first-order valence-electron chi connectivity index (χ1n) is 9.01. The van der Waals surface area contributed by atoms with Crippen LogP contribution in [0.15, 0.2) is 69.9 Å². The molecular formula is C23H22O4. The van der Waals surface area contributed by atoms with Crippen molar-refractivity contribution < 1.29 is 13.9 Å². The summed E-state index contributed by atoms with van der Waals surface area (Å²) in [6.07, 6.45) is 4.04. The van der Waals surface area contributed by atoms with E-state index in [4.69, 9.17) is 9.15 Å². The van der Waals surface area contributed by atoms with Gasteiger partial charge in [0.1, 0.15) is 16.9 Å². The Morgan fingerprint density at radius 3 is 2.74 bits per heavy atom. The van der Waals surface area contributed by atoms with Crippen molar-refractivity contribution in [2.45, 2.75) is 20.3 Å². The zero-order chi connectivity index (χ0) is 19.2. The molecule has 0 aliphatic carbocycles. The van der Waals surface area contributed by atoms with E-state index < -0.39 is 5.63 Å². The van der Waals surface area contributed by atoms with Gasteiger partial charge in [-0.1, -0.05) is 50.3 Å². The van der Waals surface area contributed by atoms with Crippen molar-refractivity contribution in [2.75, 3.05) is 6.61 Å². The Hall–Kier alpha value is -3.14. The van der Waals surface area contributed by atoms with E-state index in [0.29, 0.717) is 18.1 Å². The highest BCUT2D eigenvalue weighted by molar-refractivity contribution is 6.07. The molecule has 3 rings (SSSR count). The highest BCUT2D eigenvalue weighted by atomic mass is 16.5. The van der Waals surface area contributed by atoms with Crippen molar-refractivity contribution in [1.29, 1.82) is 0 Å². The molecule has 0 saturated carbocycles. The molecule has 27 heavy (non-hydrogen) atoms. The number of carbonyl (C=O) groups excluding carboxylic acids is 1. The highest BCUT2D eigenvalue weighted by Crippen LogP contribution is 2.17. The molecule has 0 fully saturated rings. The molecule has 1 aromatic heterocycles. The van der Waals surface area contributed by atoms with Crippen LogP contribution in [0.1, 0.15) is 36.2 Å². The summed E-state index contributed by atoms with van der Waals surface area (Å²) in [5, 5.41) is 0.717. The second kappa shape index (κ2) is 8.49. The van der Waals surface area contributed by atoms with Gasteiger partial charge in [0.2, 0.25) is 0 Å². The molecule has 0 amide bonds. The molecule has 0 spiro atoms. The SMILES string of the molecule is CC(C)CCOc1cccc(/C=C/C(=O)c2cc3ccccc3oc2=O)c1. The van der Waals surface area contributed by atoms with Crippen molar-refractivity contribution in [3.8, 4) is 5.75 Å². The fourth-order valence-electron chi connectivity index (χ4n) is 2.62. The van der Waals surface area contributed by atoms with E-state index in [9.17, 15) is 9.59 Å². The molecule has 2 aromatic carbocycles. The number of carbonyl (C=O) groups is 1. The van der Waals surface area contributed by atoms with E-state index >= 15 is 0 Å². The van der Waals surface area contributed by atoms with Gasteiger partial charge in [-0.3, -0.25) is 4.79 Å². The Labute approximate surface area is 158 Å². The quantitative estimate of drug-likeness (QED) is 0.333. The molecule has 4 nitrogen and oxygen atoms in total. The van der Waals surface area contributed by atoms with Crippen LogP contribution in [0.5, 0.6) is 5.75 Å². The van der Waals surface area contributed by atoms with Gasteiger partial charge in [-0.15, -0.1) is 0 Å². The zero-order valence-electron chi connectivity index (χ0n) is 15.5. The van der Waals surface area contributed by atoms with Crippen molar-refractivity contribution in [2.24, 2.45) is 5.92 Å². The number of ketones is 1. The van der Waals surface area contributed by atoms with Crippen LogP contribution >= 0.6 is 0 Å². The maximum Gasteiger partial charge on any atom is 0.347 e. The Balaban J connectivity index is 1.75. The average molecular weight is 362 g/mol. The van der Waals surface area contributed by atoms with Crippen LogP contribution in [0, 0.1) is 5.92 Å². The van der Waals surface area contributed by atoms with E-state index in [1.54, 1.807) is 30.3 Å². The standard InChI is InChI=1S/C23H22O4/c1-16(2)12-13-26-19-8-5-6-17(14-19)10-11-21(24)20-15-18-7-3-4-9-22(18)27-23(20)25/h3-11,14-16H,12-13H2,1-2H3/b11-10+. The minimum Gasteiger partial charge on any atom is -0.494 e. The summed E-state index contributed by atoms with van der Waals surface area (Å²) in [6, 6.07) is 16.2. The summed E-state index contributed by atoms with van der Waals surface area (Å²) in [6.45, 7) is 4.96. The van der Waals surface area contributed by atoms with Crippen LogP contribution in [0.4, 0.5) is 0 Å². The van der Waals surface area contributed by atoms with Gasteiger partial charge in [-0.05, 0) is 48.2 Å². The zero-order valence-corrected chi connectivity index (χ0v) is 15.5. The van der Waals surface area contributed by atoms with Crippen LogP contribution < -0.4 is 10.4 Å². The van der Waals surface area contributed by atoms with E-state index in [2.05, 4.69) is 13.8 Å². The highest BCUT2D eigenvalue weighted by Gasteiger charge is 2.11. The second-order valence-corrected chi connectivity index (χ2v) is 6.79. The monoisotopic (exact) mass is 362 g/mol. The average Bonchev–Trinajstić information content (AvgIpc) is 2.65. The molecule has 0 aliphatic rings. The third-order valence-electron chi connectivity index (χ3n) is 4.16. The molecule has 0 atom stereocenters. The lowest BCUT2D eigenvalue weighted by atomic mass is 10.1. The predicted molar refractivity (Wildman–Crippen MR) is 107 cm³/mol. The van der Waals surface area contributed by atoms with Gasteiger partial charge in [0.15, 0.2) is 5.78 Å². The third kappa shape index (κ3) is 4.94. The molecule has 138 valence electrons. The van der Waals surface area contributed by atoms with Gasteiger partial charge in [-0.25, -0.2) is 4.79 Å². The second-order valence-electron chi connectivity index (χ2n) is 6.79. The Bertz CT molecular complexity index is 1030. The lowest BCUT2D eigenvalue weighted by molar-refractivity contribution is 0.104. The summed E-state index contributed by atoms with van der Waals surface area (Å²) in [7, 11) is 0. The van der Waals surface area contributed by atoms with E-state index in [1.165, 1.54) is 6.08 Å². The predicted octanol–water partition coefficient (Wildman–Crippen LogP) is 5.11. The molecule has 0 radical (unpaired) electrons. The molecule has 0 bridgehead atoms. The minimum absolute atomic E-state index is 0.0225. The van der Waals surface area contributed by atoms with Gasteiger partial charge in [0.05, 0.1) is 6.61 Å². The smallest absolute Gasteiger partial charge is 0.347 e. The topological polar surface area (TPSA) is 56.5 Å². The molecule has 3 aromatic rings. The number of allylic oxidation sites excluding steroid dienone is 1. The number of hydrogen-bond acceptors (Lipinski definition) is 4. The lowest BCUT2D eigenvalue weighted by Crippen LogP contribution is -2.11. The summed E-state index contributed by atoms with van der Waals surface area (Å²) in [5.74, 6) is 0.954. The number of para-hydroxylation sites is 1. The van der Waals surface area contributed by atoms with E-state index in [0.717, 1.165) is 23.1 Å². The van der Waals surface area contributed by atoms with Gasteiger partial charge in [0.25, 0.3) is 0 Å². The molecule has 0 unspecified atom stereocenters. The Kier molecular flexibility index (Phi) is 5.87. The van der Waals surface area contributed by atoms with Crippen LogP contribution in [0.3, 0.4) is 0 Å². The fraction of sp³-hybridized carbons (Fsp3) is 0.217. The Morgan fingerprint density at radius 1 is 1.11 bits per heavy atom. The summed E-state index contributed by atoms with van der Waals surface area (Å²) in [4.78, 5) is 24.5. The van der Waals surface area contributed by atoms with Gasteiger partial charge < -0.3 is 9.15 Å². The molecule has 4 heteroatoms. The van der Waals surface area contributed by atoms with Gasteiger partial charge in [-0.2, -0.15) is 0 Å². The molecule has 1 heterocycles. The van der Waals surface area contributed by atoms with Gasteiger partial charge >= 0.3 is 5.63 Å². The number of rotatable bonds is 7. The lowest BCUT2D eigenvalue weighted by Gasteiger charge is -2.08. The van der Waals surface area contributed by atoms with Crippen molar-refractivity contribution in [3.05, 3.63) is 82.2 Å². The van der Waals surface area contributed by atoms with Gasteiger partial charge in [0, 0.05) is 5.39 Å². The van der Waals surface area contributed by atoms with Crippen molar-refractivity contribution >= 4 is 22.8 Å². The van der Waals surface area contributed by atoms with Crippen molar-refractivity contribution in [3.63, 3.8) is 0 Å². The van der Waals surface area contributed by atoms with E-state index in [-0.39, 0.29) is 11.3 Å². The summed E-state index contributed by atoms with van der Waals surface area (Å²) >= 11 is 0. The molecule has 0 saturated heterocycles. The van der Waals surface area contributed by atoms with Crippen LogP contribution in [-0.4, -0.2) is 12.4 Å². The minimum atomic E-state index is -0.630. The molecule has 0 aliphatic heterocycles. The van der Waals surface area contributed by atoms with E-state index in [1.807, 2.05) is 30.3 Å².